The van der Waals surface area contributed by atoms with E-state index in [4.69, 9.17) is 11.6 Å². The summed E-state index contributed by atoms with van der Waals surface area (Å²) in [6.45, 7) is 2.88. The van der Waals surface area contributed by atoms with Gasteiger partial charge in [-0.3, -0.25) is 0 Å². The Morgan fingerprint density at radius 3 is 2.20 bits per heavy atom. The average molecular weight is 292 g/mol. The molecule has 1 aliphatic heterocycles. The Kier molecular flexibility index (Phi) is 3.56. The van der Waals surface area contributed by atoms with Crippen molar-refractivity contribution in [1.29, 1.82) is 0 Å². The van der Waals surface area contributed by atoms with Gasteiger partial charge in [-0.25, -0.2) is 4.79 Å². The van der Waals surface area contributed by atoms with Crippen molar-refractivity contribution in [2.45, 2.75) is 0 Å². The van der Waals surface area contributed by atoms with E-state index in [0.717, 1.165) is 28.6 Å². The molecule has 0 spiro atoms. The van der Waals surface area contributed by atoms with Gasteiger partial charge in [0.1, 0.15) is 0 Å². The number of piperazine rings is 1. The van der Waals surface area contributed by atoms with Crippen LogP contribution in [0.25, 0.3) is 0 Å². The van der Waals surface area contributed by atoms with Crippen molar-refractivity contribution in [1.82, 2.24) is 19.9 Å². The fourth-order valence-corrected chi connectivity index (χ4v) is 2.37. The van der Waals surface area contributed by atoms with Crippen LogP contribution < -0.4 is 4.90 Å². The molecule has 6 nitrogen and oxygen atoms in total. The van der Waals surface area contributed by atoms with Crippen LogP contribution in [0.5, 0.6) is 0 Å². The fraction of sp³-hybridized carbons (Fsp3) is 0.308. The molecule has 0 N–H and O–H groups in total. The first-order valence-electron chi connectivity index (χ1n) is 6.40. The van der Waals surface area contributed by atoms with Crippen LogP contribution in [-0.2, 0) is 0 Å². The lowest BCUT2D eigenvalue weighted by Crippen LogP contribution is -2.50. The highest BCUT2D eigenvalue weighted by atomic mass is 35.5. The maximum atomic E-state index is 12.1. The zero-order valence-corrected chi connectivity index (χ0v) is 11.6. The summed E-state index contributed by atoms with van der Waals surface area (Å²) in [5.74, 6) is 0. The Hall–Kier alpha value is -2.08. The van der Waals surface area contributed by atoms with E-state index in [9.17, 15) is 4.79 Å². The van der Waals surface area contributed by atoms with Gasteiger partial charge in [0, 0.05) is 36.9 Å². The Labute approximate surface area is 121 Å². The Morgan fingerprint density at radius 1 is 1.00 bits per heavy atom. The highest BCUT2D eigenvalue weighted by molar-refractivity contribution is 6.30. The molecule has 20 heavy (non-hydrogen) atoms. The second-order valence-electron chi connectivity index (χ2n) is 4.55. The third-order valence-corrected chi connectivity index (χ3v) is 3.58. The van der Waals surface area contributed by atoms with E-state index in [0.29, 0.717) is 13.1 Å². The van der Waals surface area contributed by atoms with Crippen molar-refractivity contribution < 1.29 is 4.79 Å². The zero-order valence-electron chi connectivity index (χ0n) is 10.8. The molecule has 0 unspecified atom stereocenters. The Morgan fingerprint density at radius 2 is 1.60 bits per heavy atom. The number of hydrogen-bond acceptors (Lipinski definition) is 4. The average Bonchev–Trinajstić information content (AvgIpc) is 3.02. The van der Waals surface area contributed by atoms with Crippen LogP contribution in [0.3, 0.4) is 0 Å². The third-order valence-electron chi connectivity index (χ3n) is 3.33. The van der Waals surface area contributed by atoms with Gasteiger partial charge >= 0.3 is 6.03 Å². The van der Waals surface area contributed by atoms with Crippen LogP contribution in [0.1, 0.15) is 0 Å². The molecule has 1 aliphatic rings. The van der Waals surface area contributed by atoms with Gasteiger partial charge in [-0.2, -0.15) is 10.2 Å². The summed E-state index contributed by atoms with van der Waals surface area (Å²) in [4.78, 5) is 17.2. The number of benzene rings is 1. The molecular formula is C13H14ClN5O. The minimum absolute atomic E-state index is 0.175. The second-order valence-corrected chi connectivity index (χ2v) is 4.99. The second kappa shape index (κ2) is 5.50. The number of aromatic nitrogens is 3. The summed E-state index contributed by atoms with van der Waals surface area (Å²) in [6.07, 6.45) is 3.00. The summed E-state index contributed by atoms with van der Waals surface area (Å²) >= 11 is 5.88. The number of anilines is 1. The molecule has 3 rings (SSSR count). The number of carbonyl (C=O) groups is 1. The van der Waals surface area contributed by atoms with E-state index in [1.165, 1.54) is 12.4 Å². The smallest absolute Gasteiger partial charge is 0.362 e. The molecule has 1 fully saturated rings. The molecule has 104 valence electrons. The number of carbonyl (C=O) groups excluding carboxylic acids is 1. The predicted molar refractivity (Wildman–Crippen MR) is 76.1 cm³/mol. The number of hydrogen-bond donors (Lipinski definition) is 0. The first kappa shape index (κ1) is 12.9. The van der Waals surface area contributed by atoms with Crippen molar-refractivity contribution in [3.63, 3.8) is 0 Å². The largest absolute Gasteiger partial charge is 0.368 e. The minimum Gasteiger partial charge on any atom is -0.368 e. The first-order chi connectivity index (χ1) is 9.74. The number of amides is 1. The van der Waals surface area contributed by atoms with Crippen LogP contribution >= 0.6 is 11.6 Å². The van der Waals surface area contributed by atoms with Crippen LogP contribution in [0, 0.1) is 0 Å². The lowest BCUT2D eigenvalue weighted by Gasteiger charge is -2.35. The summed E-state index contributed by atoms with van der Waals surface area (Å²) in [5.41, 5.74) is 1.12. The monoisotopic (exact) mass is 291 g/mol. The highest BCUT2D eigenvalue weighted by Gasteiger charge is 2.23. The van der Waals surface area contributed by atoms with Crippen molar-refractivity contribution in [3.05, 3.63) is 41.7 Å². The van der Waals surface area contributed by atoms with Gasteiger partial charge in [-0.05, 0) is 24.3 Å². The van der Waals surface area contributed by atoms with E-state index in [-0.39, 0.29) is 6.03 Å². The van der Waals surface area contributed by atoms with E-state index in [1.807, 2.05) is 24.3 Å². The minimum atomic E-state index is -0.175. The molecule has 2 heterocycles. The van der Waals surface area contributed by atoms with Crippen LogP contribution in [0.2, 0.25) is 5.02 Å². The summed E-state index contributed by atoms with van der Waals surface area (Å²) in [6, 6.07) is 7.57. The van der Waals surface area contributed by atoms with Crippen LogP contribution in [0.15, 0.2) is 36.7 Å². The molecule has 1 saturated heterocycles. The lowest BCUT2D eigenvalue weighted by molar-refractivity contribution is 0.189. The van der Waals surface area contributed by atoms with Gasteiger partial charge in [-0.1, -0.05) is 16.4 Å². The van der Waals surface area contributed by atoms with Gasteiger partial charge < -0.3 is 9.80 Å². The molecule has 1 amide bonds. The molecule has 0 radical (unpaired) electrons. The molecule has 1 aromatic heterocycles. The van der Waals surface area contributed by atoms with Crippen LogP contribution in [-0.4, -0.2) is 52.1 Å². The molecule has 1 aromatic carbocycles. The van der Waals surface area contributed by atoms with Crippen LogP contribution in [0.4, 0.5) is 10.5 Å². The van der Waals surface area contributed by atoms with Crippen molar-refractivity contribution in [2.75, 3.05) is 31.1 Å². The van der Waals surface area contributed by atoms with Crippen molar-refractivity contribution in [2.24, 2.45) is 0 Å². The SMILES string of the molecule is O=C(N1CCN(c2ccc(Cl)cc2)CC1)n1nccn1. The highest BCUT2D eigenvalue weighted by Crippen LogP contribution is 2.19. The summed E-state index contributed by atoms with van der Waals surface area (Å²) in [7, 11) is 0. The van der Waals surface area contributed by atoms with E-state index >= 15 is 0 Å². The third kappa shape index (κ3) is 2.60. The maximum absolute atomic E-state index is 12.1. The molecule has 0 bridgehead atoms. The van der Waals surface area contributed by atoms with Gasteiger partial charge in [-0.15, -0.1) is 0 Å². The van der Waals surface area contributed by atoms with Gasteiger partial charge in [0.15, 0.2) is 0 Å². The van der Waals surface area contributed by atoms with E-state index < -0.39 is 0 Å². The Balaban J connectivity index is 1.62. The topological polar surface area (TPSA) is 54.3 Å². The zero-order chi connectivity index (χ0) is 13.9. The predicted octanol–water partition coefficient (Wildman–Crippen LogP) is 1.72. The molecular weight excluding hydrogens is 278 g/mol. The van der Waals surface area contributed by atoms with Gasteiger partial charge in [0.25, 0.3) is 0 Å². The standard InChI is InChI=1S/C13H14ClN5O/c14-11-1-3-12(4-2-11)17-7-9-18(10-8-17)13(20)19-15-5-6-16-19/h1-6H,7-10H2. The molecule has 0 aliphatic carbocycles. The van der Waals surface area contributed by atoms with Gasteiger partial charge in [0.05, 0.1) is 12.4 Å². The van der Waals surface area contributed by atoms with Gasteiger partial charge in [0.2, 0.25) is 0 Å². The van der Waals surface area contributed by atoms with Crippen molar-refractivity contribution in [3.8, 4) is 0 Å². The molecule has 7 heteroatoms. The number of nitrogens with zero attached hydrogens (tertiary/aromatic N) is 5. The maximum Gasteiger partial charge on any atom is 0.362 e. The lowest BCUT2D eigenvalue weighted by atomic mass is 10.2. The first-order valence-corrected chi connectivity index (χ1v) is 6.78. The number of halogens is 1. The van der Waals surface area contributed by atoms with Crippen molar-refractivity contribution >= 4 is 23.3 Å². The molecule has 0 atom stereocenters. The molecule has 2 aromatic rings. The quantitative estimate of drug-likeness (QED) is 0.803. The summed E-state index contributed by atoms with van der Waals surface area (Å²) < 4.78 is 0. The summed E-state index contributed by atoms with van der Waals surface area (Å²) in [5, 5.41) is 8.46. The molecule has 0 saturated carbocycles. The van der Waals surface area contributed by atoms with E-state index in [1.54, 1.807) is 4.90 Å². The fourth-order valence-electron chi connectivity index (χ4n) is 2.25. The van der Waals surface area contributed by atoms with E-state index in [2.05, 4.69) is 15.1 Å². The normalized spacial score (nSPS) is 15.4. The number of rotatable bonds is 1. The Bertz CT molecular complexity index is 575.